The third-order valence-electron chi connectivity index (χ3n) is 5.79. The molecule has 38 heavy (non-hydrogen) atoms. The predicted octanol–water partition coefficient (Wildman–Crippen LogP) is 6.49. The van der Waals surface area contributed by atoms with Crippen molar-refractivity contribution in [2.24, 2.45) is 0 Å². The van der Waals surface area contributed by atoms with Gasteiger partial charge < -0.3 is 9.64 Å². The van der Waals surface area contributed by atoms with Gasteiger partial charge in [0.2, 0.25) is 0 Å². The summed E-state index contributed by atoms with van der Waals surface area (Å²) < 4.78 is 48.1. The van der Waals surface area contributed by atoms with Crippen LogP contribution < -0.4 is 0 Å². The Morgan fingerprint density at radius 2 is 1.50 bits per heavy atom. The fourth-order valence-corrected chi connectivity index (χ4v) is 4.60. The molecular weight excluding hydrogens is 593 g/mol. The fraction of sp³-hybridized carbons (Fsp3) is 0.250. The van der Waals surface area contributed by atoms with Crippen molar-refractivity contribution in [3.05, 3.63) is 84.6 Å². The largest absolute Gasteiger partial charge is 0.461 e. The zero-order valence-corrected chi connectivity index (χ0v) is 22.3. The number of ether oxygens (including phenoxy) is 1. The topological polar surface area (TPSA) is 81.5 Å². The molecule has 1 atom stereocenters. The summed E-state index contributed by atoms with van der Waals surface area (Å²) in [4.78, 5) is 40.0. The molecule has 0 saturated heterocycles. The summed E-state index contributed by atoms with van der Waals surface area (Å²) in [6.45, 7) is 0.754. The molecule has 7 nitrogen and oxygen atoms in total. The highest BCUT2D eigenvalue weighted by molar-refractivity contribution is 6.42. The van der Waals surface area contributed by atoms with Crippen LogP contribution in [0.2, 0.25) is 20.1 Å². The van der Waals surface area contributed by atoms with Crippen LogP contribution in [-0.4, -0.2) is 51.3 Å². The maximum absolute atomic E-state index is 14.1. The molecule has 200 valence electrons. The number of hydrogen-bond donors (Lipinski definition) is 0. The monoisotopic (exact) mass is 607 g/mol. The van der Waals surface area contributed by atoms with Gasteiger partial charge in [-0.25, -0.2) is 4.79 Å². The molecule has 0 saturated carbocycles. The second-order valence-electron chi connectivity index (χ2n) is 8.16. The molecule has 3 aromatic rings. The maximum Gasteiger partial charge on any atom is 0.409 e. The summed E-state index contributed by atoms with van der Waals surface area (Å²) in [6, 6.07) is 5.29. The number of nitrogens with zero attached hydrogens (tertiary/aromatic N) is 3. The van der Waals surface area contributed by atoms with Crippen LogP contribution in [0, 0.1) is 0 Å². The standard InChI is InChI=1S/C24H16Cl4F3N3O4/c1-2-38-23(37)20-13-10-33(21(35)11-3-5-14(25)16(27)7-11)19(24(29,30)31)9-18(13)32-34(20)22(36)12-4-6-15(26)17(28)8-12/h3-8,19H,2,9-10H2,1H3/t19-/m1/s1. The summed E-state index contributed by atoms with van der Waals surface area (Å²) in [5.74, 6) is -2.86. The van der Waals surface area contributed by atoms with Crippen molar-refractivity contribution in [1.82, 2.24) is 14.7 Å². The van der Waals surface area contributed by atoms with E-state index in [1.54, 1.807) is 0 Å². The quantitative estimate of drug-likeness (QED) is 0.316. The smallest absolute Gasteiger partial charge is 0.409 e. The maximum atomic E-state index is 14.1. The summed E-state index contributed by atoms with van der Waals surface area (Å²) in [6.07, 6.45) is -5.66. The van der Waals surface area contributed by atoms with Gasteiger partial charge in [0.05, 0.1) is 38.9 Å². The number of rotatable bonds is 4. The van der Waals surface area contributed by atoms with Crippen molar-refractivity contribution in [1.29, 1.82) is 0 Å². The number of carbonyl (C=O) groups excluding carboxylic acids is 3. The minimum atomic E-state index is -4.86. The molecule has 1 aliphatic heterocycles. The van der Waals surface area contributed by atoms with Crippen molar-refractivity contribution in [3.63, 3.8) is 0 Å². The number of aromatic nitrogens is 2. The van der Waals surface area contributed by atoms with E-state index in [1.807, 2.05) is 0 Å². The third-order valence-corrected chi connectivity index (χ3v) is 7.27. The Kier molecular flexibility index (Phi) is 7.99. The molecule has 2 aromatic carbocycles. The van der Waals surface area contributed by atoms with Gasteiger partial charge >= 0.3 is 12.1 Å². The van der Waals surface area contributed by atoms with Crippen molar-refractivity contribution in [3.8, 4) is 0 Å². The predicted molar refractivity (Wildman–Crippen MR) is 134 cm³/mol. The first-order chi connectivity index (χ1) is 17.8. The molecule has 0 fully saturated rings. The Balaban J connectivity index is 1.84. The Morgan fingerprint density at radius 3 is 2.00 bits per heavy atom. The SMILES string of the molecule is CCOC(=O)c1c2c(nn1C(=O)c1ccc(Cl)c(Cl)c1)C[C@H](C(F)(F)F)N(C(=O)c1ccc(Cl)c(Cl)c1)C2. The van der Waals surface area contributed by atoms with E-state index in [9.17, 15) is 27.6 Å². The summed E-state index contributed by atoms with van der Waals surface area (Å²) in [7, 11) is 0. The van der Waals surface area contributed by atoms with Gasteiger partial charge in [0.1, 0.15) is 6.04 Å². The van der Waals surface area contributed by atoms with E-state index in [4.69, 9.17) is 51.1 Å². The molecular formula is C24H16Cl4F3N3O4. The number of benzene rings is 2. The minimum Gasteiger partial charge on any atom is -0.461 e. The molecule has 0 unspecified atom stereocenters. The Bertz CT molecular complexity index is 1460. The van der Waals surface area contributed by atoms with Gasteiger partial charge in [-0.3, -0.25) is 9.59 Å². The van der Waals surface area contributed by atoms with Crippen LogP contribution in [-0.2, 0) is 17.7 Å². The van der Waals surface area contributed by atoms with E-state index in [0.29, 0.717) is 9.58 Å². The van der Waals surface area contributed by atoms with Crippen LogP contribution >= 0.6 is 46.4 Å². The molecule has 0 spiro atoms. The van der Waals surface area contributed by atoms with Crippen LogP contribution in [0.15, 0.2) is 36.4 Å². The third kappa shape index (κ3) is 5.36. The van der Waals surface area contributed by atoms with E-state index in [1.165, 1.54) is 37.3 Å². The Labute approximate surface area is 233 Å². The molecule has 0 N–H and O–H groups in total. The van der Waals surface area contributed by atoms with Crippen LogP contribution in [0.3, 0.4) is 0 Å². The van der Waals surface area contributed by atoms with Crippen molar-refractivity contribution < 1.29 is 32.3 Å². The fourth-order valence-electron chi connectivity index (χ4n) is 4.01. The second-order valence-corrected chi connectivity index (χ2v) is 9.79. The molecule has 2 heterocycles. The van der Waals surface area contributed by atoms with Crippen LogP contribution in [0.1, 0.15) is 49.4 Å². The number of hydrogen-bond acceptors (Lipinski definition) is 5. The molecule has 14 heteroatoms. The molecule has 0 bridgehead atoms. The van der Waals surface area contributed by atoms with Crippen molar-refractivity contribution in [2.75, 3.05) is 6.61 Å². The Morgan fingerprint density at radius 1 is 0.947 bits per heavy atom. The summed E-state index contributed by atoms with van der Waals surface area (Å²) in [5.41, 5.74) is -0.798. The van der Waals surface area contributed by atoms with Crippen LogP contribution in [0.5, 0.6) is 0 Å². The van der Waals surface area contributed by atoms with E-state index < -0.39 is 48.7 Å². The molecule has 4 rings (SSSR count). The lowest BCUT2D eigenvalue weighted by molar-refractivity contribution is -0.179. The molecule has 0 aliphatic carbocycles. The lowest BCUT2D eigenvalue weighted by Crippen LogP contribution is -2.52. The molecule has 1 amide bonds. The summed E-state index contributed by atoms with van der Waals surface area (Å²) >= 11 is 23.8. The zero-order valence-electron chi connectivity index (χ0n) is 19.3. The lowest BCUT2D eigenvalue weighted by atomic mass is 9.96. The van der Waals surface area contributed by atoms with E-state index >= 15 is 0 Å². The van der Waals surface area contributed by atoms with Gasteiger partial charge in [-0.1, -0.05) is 46.4 Å². The number of esters is 1. The first-order valence-electron chi connectivity index (χ1n) is 10.9. The zero-order chi connectivity index (χ0) is 27.9. The van der Waals surface area contributed by atoms with Crippen molar-refractivity contribution >= 4 is 64.2 Å². The highest BCUT2D eigenvalue weighted by atomic mass is 35.5. The minimum absolute atomic E-state index is 0.0222. The average molecular weight is 609 g/mol. The normalized spacial score (nSPS) is 15.3. The van der Waals surface area contributed by atoms with Gasteiger partial charge in [0.15, 0.2) is 5.69 Å². The summed E-state index contributed by atoms with van der Waals surface area (Å²) in [5, 5.41) is 4.35. The molecule has 1 aliphatic rings. The van der Waals surface area contributed by atoms with Crippen molar-refractivity contribution in [2.45, 2.75) is 32.1 Å². The number of alkyl halides is 3. The highest BCUT2D eigenvalue weighted by Crippen LogP contribution is 2.37. The van der Waals surface area contributed by atoms with Gasteiger partial charge in [0, 0.05) is 23.1 Å². The lowest BCUT2D eigenvalue weighted by Gasteiger charge is -2.36. The highest BCUT2D eigenvalue weighted by Gasteiger charge is 2.50. The molecule has 1 aromatic heterocycles. The van der Waals surface area contributed by atoms with E-state index in [0.717, 1.165) is 6.07 Å². The Hall–Kier alpha value is -2.79. The van der Waals surface area contributed by atoms with E-state index in [2.05, 4.69) is 5.10 Å². The molecule has 0 radical (unpaired) electrons. The van der Waals surface area contributed by atoms with Gasteiger partial charge in [-0.05, 0) is 43.3 Å². The number of amides is 1. The number of halogens is 7. The second kappa shape index (κ2) is 10.8. The van der Waals surface area contributed by atoms with Gasteiger partial charge in [-0.15, -0.1) is 0 Å². The van der Waals surface area contributed by atoms with E-state index in [-0.39, 0.29) is 49.1 Å². The van der Waals surface area contributed by atoms with Gasteiger partial charge in [0.25, 0.3) is 11.8 Å². The number of carbonyl (C=O) groups is 3. The van der Waals surface area contributed by atoms with Crippen LogP contribution in [0.4, 0.5) is 13.2 Å². The average Bonchev–Trinajstić information content (AvgIpc) is 3.24. The first kappa shape index (κ1) is 28.2. The van der Waals surface area contributed by atoms with Crippen LogP contribution in [0.25, 0.3) is 0 Å². The first-order valence-corrected chi connectivity index (χ1v) is 12.4. The van der Waals surface area contributed by atoms with Gasteiger partial charge in [-0.2, -0.15) is 23.0 Å². The number of fused-ring (bicyclic) bond motifs is 1.